The van der Waals surface area contributed by atoms with Crippen molar-refractivity contribution >= 4 is 35.7 Å². The number of allylic oxidation sites excluding steroid dienone is 2. The van der Waals surface area contributed by atoms with E-state index in [1.54, 1.807) is 7.11 Å². The summed E-state index contributed by atoms with van der Waals surface area (Å²) in [5, 5.41) is 0. The minimum absolute atomic E-state index is 0.141. The van der Waals surface area contributed by atoms with E-state index >= 15 is 0 Å². The number of carbonyl (C=O) groups excluding carboxylic acids is 1. The summed E-state index contributed by atoms with van der Waals surface area (Å²) >= 11 is 9.70. The topological polar surface area (TPSA) is 54.0 Å². The predicted molar refractivity (Wildman–Crippen MR) is 159 cm³/mol. The van der Waals surface area contributed by atoms with E-state index < -0.39 is 5.69 Å². The largest absolute Gasteiger partial charge is 0.463 e. The molecular weight excluding hydrogens is 513 g/mol. The summed E-state index contributed by atoms with van der Waals surface area (Å²) in [6.07, 6.45) is 20.8. The normalized spacial score (nSPS) is 14.7. The first-order valence-electron chi connectivity index (χ1n) is 13.9. The molecule has 0 amide bonds. The number of thiol groups is 1. The molecule has 36 heavy (non-hydrogen) atoms. The number of ether oxygens (including phenoxy) is 2. The van der Waals surface area contributed by atoms with Crippen LogP contribution in [0.15, 0.2) is 12.2 Å². The minimum Gasteiger partial charge on any atom is -0.463 e. The molecule has 0 saturated carbocycles. The molecule has 0 spiro atoms. The zero-order valence-electron chi connectivity index (χ0n) is 23.8. The standard InChI is InChI=1S/C27H54NO5PS2/c1-6-7-8-9-10-11-12-13-14-15-16-17-18-19-20-21-27(29)31-24-26(30-5)25-33-34(35,36)32-23-22-28(2,3)4/h13-14,26H,6-12,15-25H2,1-5H3/p+1/b14-13-. The van der Waals surface area contributed by atoms with Gasteiger partial charge in [0.2, 0.25) is 5.69 Å². The Kier molecular flexibility index (Phi) is 23.0. The molecule has 0 aliphatic heterocycles. The Morgan fingerprint density at radius 3 is 2.00 bits per heavy atom. The summed E-state index contributed by atoms with van der Waals surface area (Å²) in [5.74, 6) is -0.195. The molecule has 0 radical (unpaired) electrons. The maximum Gasteiger partial charge on any atom is 0.305 e. The molecule has 2 unspecified atom stereocenters. The maximum absolute atomic E-state index is 12.1. The fraction of sp³-hybridized carbons (Fsp3) is 0.889. The molecule has 214 valence electrons. The van der Waals surface area contributed by atoms with E-state index in [4.69, 9.17) is 30.3 Å². The van der Waals surface area contributed by atoms with E-state index in [1.165, 1.54) is 64.2 Å². The molecule has 0 aromatic carbocycles. The summed E-state index contributed by atoms with van der Waals surface area (Å²) in [7, 11) is 7.81. The summed E-state index contributed by atoms with van der Waals surface area (Å²) in [6, 6.07) is 0. The number of likely N-dealkylation sites (N-methyl/N-ethyl adjacent to an activating group) is 1. The average molecular weight is 569 g/mol. The van der Waals surface area contributed by atoms with E-state index in [0.717, 1.165) is 30.3 Å². The third-order valence-electron chi connectivity index (χ3n) is 5.85. The van der Waals surface area contributed by atoms with Gasteiger partial charge in [0.05, 0.1) is 27.7 Å². The SMILES string of the molecule is CCCCCCCC/C=C\CCCCCCCC(=O)OCC(COP(=S)(S)OCC[N+](C)(C)C)OC. The van der Waals surface area contributed by atoms with Crippen molar-refractivity contribution < 1.29 is 27.8 Å². The van der Waals surface area contributed by atoms with Crippen LogP contribution < -0.4 is 0 Å². The van der Waals surface area contributed by atoms with Crippen molar-refractivity contribution in [3.8, 4) is 0 Å². The van der Waals surface area contributed by atoms with Crippen molar-refractivity contribution in [3.63, 3.8) is 0 Å². The molecule has 0 bridgehead atoms. The van der Waals surface area contributed by atoms with Gasteiger partial charge in [0.1, 0.15) is 25.9 Å². The van der Waals surface area contributed by atoms with E-state index in [-0.39, 0.29) is 25.3 Å². The van der Waals surface area contributed by atoms with Crippen LogP contribution in [0, 0.1) is 0 Å². The number of methoxy groups -OCH3 is 1. The lowest BCUT2D eigenvalue weighted by atomic mass is 10.1. The van der Waals surface area contributed by atoms with Gasteiger partial charge in [-0.05, 0) is 43.9 Å². The lowest BCUT2D eigenvalue weighted by Gasteiger charge is -2.25. The van der Waals surface area contributed by atoms with Crippen molar-refractivity contribution in [2.75, 3.05) is 54.6 Å². The van der Waals surface area contributed by atoms with E-state index in [1.807, 2.05) is 0 Å². The number of esters is 1. The quantitative estimate of drug-likeness (QED) is 0.0308. The number of nitrogens with zero attached hydrogens (tertiary/aromatic N) is 1. The average Bonchev–Trinajstić information content (AvgIpc) is 2.80. The number of rotatable bonds is 25. The molecule has 0 aliphatic carbocycles. The first-order valence-corrected chi connectivity index (χ1v) is 17.6. The van der Waals surface area contributed by atoms with Crippen molar-refractivity contribution in [1.29, 1.82) is 0 Å². The van der Waals surface area contributed by atoms with Gasteiger partial charge in [0, 0.05) is 13.5 Å². The van der Waals surface area contributed by atoms with E-state index in [2.05, 4.69) is 52.5 Å². The second-order valence-corrected chi connectivity index (χ2v) is 15.8. The Bertz CT molecular complexity index is 613. The zero-order chi connectivity index (χ0) is 27.1. The first kappa shape index (κ1) is 36.0. The van der Waals surface area contributed by atoms with Crippen molar-refractivity contribution in [1.82, 2.24) is 0 Å². The molecule has 0 aliphatic rings. The lowest BCUT2D eigenvalue weighted by molar-refractivity contribution is -0.870. The Hall–Kier alpha value is 0.0500. The molecular formula is C27H55NO5PS2+. The fourth-order valence-corrected chi connectivity index (χ4v) is 5.02. The molecule has 0 heterocycles. The van der Waals surface area contributed by atoms with Crippen LogP contribution >= 0.6 is 17.9 Å². The van der Waals surface area contributed by atoms with Gasteiger partial charge in [-0.3, -0.25) is 4.79 Å². The Balaban J connectivity index is 3.71. The van der Waals surface area contributed by atoms with Crippen LogP contribution in [0.3, 0.4) is 0 Å². The number of carbonyl (C=O) groups is 1. The number of unbranched alkanes of at least 4 members (excludes halogenated alkanes) is 11. The van der Waals surface area contributed by atoms with Crippen LogP contribution in [0.5, 0.6) is 0 Å². The van der Waals surface area contributed by atoms with Crippen LogP contribution in [0.25, 0.3) is 0 Å². The summed E-state index contributed by atoms with van der Waals surface area (Å²) in [4.78, 5) is 12.1. The van der Waals surface area contributed by atoms with Gasteiger partial charge in [0.25, 0.3) is 0 Å². The first-order chi connectivity index (χ1) is 17.1. The van der Waals surface area contributed by atoms with Crippen LogP contribution in [-0.4, -0.2) is 71.2 Å². The smallest absolute Gasteiger partial charge is 0.305 e. The Morgan fingerprint density at radius 2 is 1.44 bits per heavy atom. The van der Waals surface area contributed by atoms with Gasteiger partial charge in [-0.1, -0.05) is 82.7 Å². The van der Waals surface area contributed by atoms with Crippen molar-refractivity contribution in [3.05, 3.63) is 12.2 Å². The lowest BCUT2D eigenvalue weighted by Crippen LogP contribution is -2.37. The fourth-order valence-electron chi connectivity index (χ4n) is 3.43. The summed E-state index contributed by atoms with van der Waals surface area (Å²) in [6.45, 7) is 3.87. The van der Waals surface area contributed by atoms with Gasteiger partial charge in [-0.2, -0.15) is 0 Å². The highest BCUT2D eigenvalue weighted by atomic mass is 32.9. The number of hydrogen-bond donors (Lipinski definition) is 1. The maximum atomic E-state index is 12.1. The highest BCUT2D eigenvalue weighted by Gasteiger charge is 2.20. The van der Waals surface area contributed by atoms with Crippen LogP contribution in [0.2, 0.25) is 0 Å². The summed E-state index contributed by atoms with van der Waals surface area (Å²) < 4.78 is 22.8. The molecule has 0 fully saturated rings. The highest BCUT2D eigenvalue weighted by Crippen LogP contribution is 2.53. The van der Waals surface area contributed by atoms with Gasteiger partial charge >= 0.3 is 5.97 Å². The molecule has 0 N–H and O–H groups in total. The van der Waals surface area contributed by atoms with E-state index in [0.29, 0.717) is 13.0 Å². The van der Waals surface area contributed by atoms with E-state index in [9.17, 15) is 4.79 Å². The third-order valence-corrected chi connectivity index (χ3v) is 8.16. The Morgan fingerprint density at radius 1 is 0.889 bits per heavy atom. The van der Waals surface area contributed by atoms with Gasteiger partial charge in [0.15, 0.2) is 0 Å². The predicted octanol–water partition coefficient (Wildman–Crippen LogP) is 7.48. The molecule has 2 atom stereocenters. The van der Waals surface area contributed by atoms with Gasteiger partial charge < -0.3 is 23.0 Å². The summed E-state index contributed by atoms with van der Waals surface area (Å²) in [5.41, 5.74) is -2.65. The van der Waals surface area contributed by atoms with Crippen LogP contribution in [0.4, 0.5) is 0 Å². The molecule has 0 aromatic heterocycles. The van der Waals surface area contributed by atoms with Crippen LogP contribution in [0.1, 0.15) is 96.8 Å². The van der Waals surface area contributed by atoms with Crippen molar-refractivity contribution in [2.45, 2.75) is 103 Å². The number of hydrogen-bond acceptors (Lipinski definition) is 6. The van der Waals surface area contributed by atoms with Gasteiger partial charge in [-0.25, -0.2) is 0 Å². The molecule has 9 heteroatoms. The molecule has 6 nitrogen and oxygen atoms in total. The van der Waals surface area contributed by atoms with Gasteiger partial charge in [-0.15, -0.1) is 0 Å². The van der Waals surface area contributed by atoms with Crippen molar-refractivity contribution in [2.24, 2.45) is 0 Å². The molecule has 0 rings (SSSR count). The molecule has 0 saturated heterocycles. The number of quaternary nitrogens is 1. The minimum atomic E-state index is -2.65. The monoisotopic (exact) mass is 568 g/mol. The second-order valence-electron chi connectivity index (χ2n) is 10.5. The van der Waals surface area contributed by atoms with Crippen LogP contribution in [-0.2, 0) is 35.1 Å². The Labute approximate surface area is 232 Å². The zero-order valence-corrected chi connectivity index (χ0v) is 26.4. The molecule has 0 aromatic rings. The second kappa shape index (κ2) is 23.0. The highest BCUT2D eigenvalue weighted by molar-refractivity contribution is 8.60. The third kappa shape index (κ3) is 25.7.